The van der Waals surface area contributed by atoms with E-state index in [0.717, 1.165) is 35.9 Å². The molecule has 1 fully saturated rings. The molecule has 23 heavy (non-hydrogen) atoms. The monoisotopic (exact) mass is 347 g/mol. The Bertz CT molecular complexity index is 612. The summed E-state index contributed by atoms with van der Waals surface area (Å²) in [5, 5.41) is 2.00. The molecule has 3 rings (SSSR count). The van der Waals surface area contributed by atoms with E-state index >= 15 is 0 Å². The first kappa shape index (κ1) is 16.5. The summed E-state index contributed by atoms with van der Waals surface area (Å²) in [6, 6.07) is 9.93. The van der Waals surface area contributed by atoms with E-state index in [1.54, 1.807) is 16.2 Å². The Kier molecular flexibility index (Phi) is 5.70. The van der Waals surface area contributed by atoms with Crippen molar-refractivity contribution in [3.8, 4) is 0 Å². The van der Waals surface area contributed by atoms with Crippen molar-refractivity contribution in [3.63, 3.8) is 0 Å². The molecule has 1 aromatic carbocycles. The first-order valence-corrected chi connectivity index (χ1v) is 9.84. The second kappa shape index (κ2) is 7.95. The fourth-order valence-corrected chi connectivity index (χ4v) is 4.31. The van der Waals surface area contributed by atoms with Gasteiger partial charge in [0.1, 0.15) is 6.04 Å². The van der Waals surface area contributed by atoms with Crippen LogP contribution in [0.15, 0.2) is 41.2 Å². The third-order valence-electron chi connectivity index (χ3n) is 4.02. The number of hydrogen-bond donors (Lipinski definition) is 0. The smallest absolute Gasteiger partial charge is 0.244 e. The van der Waals surface area contributed by atoms with Crippen LogP contribution in [-0.2, 0) is 11.3 Å². The van der Waals surface area contributed by atoms with Gasteiger partial charge in [0.25, 0.3) is 0 Å². The number of benzene rings is 1. The third-order valence-corrected chi connectivity index (χ3v) is 5.60. The number of amides is 1. The maximum Gasteiger partial charge on any atom is 0.244 e. The summed E-state index contributed by atoms with van der Waals surface area (Å²) in [4.78, 5) is 21.5. The molecule has 4 nitrogen and oxygen atoms in total. The second-order valence-corrected chi connectivity index (χ2v) is 7.58. The van der Waals surface area contributed by atoms with Crippen molar-refractivity contribution in [2.45, 2.75) is 12.6 Å². The zero-order chi connectivity index (χ0) is 16.1. The van der Waals surface area contributed by atoms with Crippen LogP contribution in [0.5, 0.6) is 0 Å². The zero-order valence-corrected chi connectivity index (χ0v) is 14.9. The Labute approximate surface area is 145 Å². The molecule has 1 aromatic heterocycles. The molecule has 6 heteroatoms. The number of hydrogen-bond acceptors (Lipinski definition) is 5. The standard InChI is InChI=1S/C17H21N3OS2/c1-19(11-15-12-23-13-18-15)17(21)16(14-5-3-2-4-6-14)20-7-9-22-10-8-20/h2-6,12-13,16H,7-11H2,1H3/t16-/m1/s1. The number of carbonyl (C=O) groups is 1. The van der Waals surface area contributed by atoms with Gasteiger partial charge in [-0.15, -0.1) is 11.3 Å². The summed E-state index contributed by atoms with van der Waals surface area (Å²) < 4.78 is 0. The number of rotatable bonds is 5. The predicted octanol–water partition coefficient (Wildman–Crippen LogP) is 2.89. The number of thiazole rings is 1. The predicted molar refractivity (Wildman–Crippen MR) is 96.7 cm³/mol. The summed E-state index contributed by atoms with van der Waals surface area (Å²) >= 11 is 3.52. The van der Waals surface area contributed by atoms with E-state index < -0.39 is 0 Å². The van der Waals surface area contributed by atoms with Gasteiger partial charge in [-0.25, -0.2) is 4.98 Å². The molecular weight excluding hydrogens is 326 g/mol. The van der Waals surface area contributed by atoms with Crippen LogP contribution >= 0.6 is 23.1 Å². The molecular formula is C17H21N3OS2. The van der Waals surface area contributed by atoms with Crippen LogP contribution < -0.4 is 0 Å². The van der Waals surface area contributed by atoms with E-state index in [0.29, 0.717) is 6.54 Å². The molecule has 2 heterocycles. The van der Waals surface area contributed by atoms with Gasteiger partial charge in [-0.05, 0) is 5.56 Å². The molecule has 1 atom stereocenters. The molecule has 1 aliphatic rings. The highest BCUT2D eigenvalue weighted by atomic mass is 32.2. The first-order chi connectivity index (χ1) is 11.3. The minimum atomic E-state index is -0.194. The van der Waals surface area contributed by atoms with Gasteiger partial charge in [0.05, 0.1) is 17.7 Å². The lowest BCUT2D eigenvalue weighted by Gasteiger charge is -2.35. The average Bonchev–Trinajstić information content (AvgIpc) is 3.10. The molecule has 0 unspecified atom stereocenters. The van der Waals surface area contributed by atoms with Crippen molar-refractivity contribution < 1.29 is 4.79 Å². The fourth-order valence-electron chi connectivity index (χ4n) is 2.83. The number of nitrogens with zero attached hydrogens (tertiary/aromatic N) is 3. The van der Waals surface area contributed by atoms with Gasteiger partial charge in [-0.1, -0.05) is 30.3 Å². The molecule has 0 N–H and O–H groups in total. The molecule has 1 saturated heterocycles. The highest BCUT2D eigenvalue weighted by Gasteiger charge is 2.31. The number of thioether (sulfide) groups is 1. The third kappa shape index (κ3) is 4.13. The summed E-state index contributed by atoms with van der Waals surface area (Å²) in [5.41, 5.74) is 3.84. The Morgan fingerprint density at radius 1 is 1.30 bits per heavy atom. The lowest BCUT2D eigenvalue weighted by molar-refractivity contribution is -0.136. The highest BCUT2D eigenvalue weighted by molar-refractivity contribution is 7.99. The lowest BCUT2D eigenvalue weighted by Crippen LogP contribution is -2.44. The van der Waals surface area contributed by atoms with Crippen LogP contribution in [-0.4, -0.2) is 52.3 Å². The van der Waals surface area contributed by atoms with E-state index in [1.165, 1.54) is 0 Å². The lowest BCUT2D eigenvalue weighted by atomic mass is 10.0. The van der Waals surface area contributed by atoms with E-state index in [1.807, 2.05) is 47.9 Å². The van der Waals surface area contributed by atoms with Crippen LogP contribution in [0.3, 0.4) is 0 Å². The normalized spacial score (nSPS) is 16.9. The van der Waals surface area contributed by atoms with Crippen LogP contribution in [0.25, 0.3) is 0 Å². The Morgan fingerprint density at radius 2 is 2.04 bits per heavy atom. The molecule has 2 aromatic rings. The van der Waals surface area contributed by atoms with Crippen molar-refractivity contribution in [3.05, 3.63) is 52.5 Å². The second-order valence-electron chi connectivity index (χ2n) is 5.64. The van der Waals surface area contributed by atoms with E-state index in [2.05, 4.69) is 22.0 Å². The van der Waals surface area contributed by atoms with Gasteiger partial charge >= 0.3 is 0 Å². The van der Waals surface area contributed by atoms with Gasteiger partial charge < -0.3 is 4.90 Å². The van der Waals surface area contributed by atoms with Gasteiger partial charge in [-0.2, -0.15) is 11.8 Å². The zero-order valence-electron chi connectivity index (χ0n) is 13.2. The number of aromatic nitrogens is 1. The SMILES string of the molecule is CN(Cc1cscn1)C(=O)[C@@H](c1ccccc1)N1CCSCC1. The largest absolute Gasteiger partial charge is 0.338 e. The molecule has 0 radical (unpaired) electrons. The Morgan fingerprint density at radius 3 is 2.70 bits per heavy atom. The summed E-state index contributed by atoms with van der Waals surface area (Å²) in [6.07, 6.45) is 0. The van der Waals surface area contributed by atoms with Crippen molar-refractivity contribution in [1.82, 2.24) is 14.8 Å². The Balaban J connectivity index is 1.80. The minimum absolute atomic E-state index is 0.149. The van der Waals surface area contributed by atoms with Crippen molar-refractivity contribution in [2.75, 3.05) is 31.6 Å². The van der Waals surface area contributed by atoms with Crippen molar-refractivity contribution in [1.29, 1.82) is 0 Å². The molecule has 0 aliphatic carbocycles. The van der Waals surface area contributed by atoms with Crippen molar-refractivity contribution in [2.24, 2.45) is 0 Å². The number of carbonyl (C=O) groups excluding carboxylic acids is 1. The Hall–Kier alpha value is -1.37. The summed E-state index contributed by atoms with van der Waals surface area (Å²) in [6.45, 7) is 2.48. The fraction of sp³-hybridized carbons (Fsp3) is 0.412. The van der Waals surface area contributed by atoms with Crippen LogP contribution in [0.2, 0.25) is 0 Å². The van der Waals surface area contributed by atoms with Gasteiger partial charge in [0.15, 0.2) is 0 Å². The van der Waals surface area contributed by atoms with Crippen LogP contribution in [0, 0.1) is 0 Å². The van der Waals surface area contributed by atoms with Crippen LogP contribution in [0.4, 0.5) is 0 Å². The molecule has 0 bridgehead atoms. The van der Waals surface area contributed by atoms with Gasteiger partial charge in [0, 0.05) is 37.0 Å². The molecule has 122 valence electrons. The van der Waals surface area contributed by atoms with Gasteiger partial charge in [-0.3, -0.25) is 9.69 Å². The highest BCUT2D eigenvalue weighted by Crippen LogP contribution is 2.26. The van der Waals surface area contributed by atoms with Crippen molar-refractivity contribution >= 4 is 29.0 Å². The van der Waals surface area contributed by atoms with E-state index in [-0.39, 0.29) is 11.9 Å². The number of likely N-dealkylation sites (N-methyl/N-ethyl adjacent to an activating group) is 1. The van der Waals surface area contributed by atoms with E-state index in [9.17, 15) is 4.79 Å². The topological polar surface area (TPSA) is 36.4 Å². The molecule has 0 spiro atoms. The first-order valence-electron chi connectivity index (χ1n) is 7.74. The maximum absolute atomic E-state index is 13.1. The van der Waals surface area contributed by atoms with E-state index in [4.69, 9.17) is 0 Å². The maximum atomic E-state index is 13.1. The molecule has 1 aliphatic heterocycles. The molecule has 1 amide bonds. The minimum Gasteiger partial charge on any atom is -0.338 e. The average molecular weight is 348 g/mol. The van der Waals surface area contributed by atoms with Gasteiger partial charge in [0.2, 0.25) is 5.91 Å². The quantitative estimate of drug-likeness (QED) is 0.833. The summed E-state index contributed by atoms with van der Waals surface area (Å²) in [5.74, 6) is 2.33. The van der Waals surface area contributed by atoms with Crippen LogP contribution in [0.1, 0.15) is 17.3 Å². The summed E-state index contributed by atoms with van der Waals surface area (Å²) in [7, 11) is 1.87. The molecule has 0 saturated carbocycles.